The number of hydrazone groups is 1. The molecule has 0 atom stereocenters. The lowest BCUT2D eigenvalue weighted by atomic mass is 10.1. The van der Waals surface area contributed by atoms with E-state index in [9.17, 15) is 10.1 Å². The number of benzene rings is 2. The van der Waals surface area contributed by atoms with Gasteiger partial charge < -0.3 is 19.5 Å². The summed E-state index contributed by atoms with van der Waals surface area (Å²) in [7, 11) is 1.57. The van der Waals surface area contributed by atoms with E-state index in [0.717, 1.165) is 0 Å². The van der Waals surface area contributed by atoms with E-state index in [1.807, 2.05) is 12.1 Å². The van der Waals surface area contributed by atoms with Gasteiger partial charge in [-0.1, -0.05) is 6.07 Å². The average Bonchev–Trinajstić information content (AvgIpc) is 3.08. The quantitative estimate of drug-likeness (QED) is 0.356. The number of hydrogen-bond donors (Lipinski definition) is 2. The Balaban J connectivity index is 1.68. The fraction of sp³-hybridized carbons (Fsp3) is 0.125. The summed E-state index contributed by atoms with van der Waals surface area (Å²) in [6.45, 7) is 0.0277. The van der Waals surface area contributed by atoms with Crippen molar-refractivity contribution in [2.45, 2.75) is 0 Å². The molecule has 10 heteroatoms. The second kappa shape index (κ2) is 7.66. The lowest BCUT2D eigenvalue weighted by Gasteiger charge is -2.08. The average molecular weight is 374 g/mol. The van der Waals surface area contributed by atoms with Crippen LogP contribution in [-0.2, 0) is 0 Å². The van der Waals surface area contributed by atoms with Gasteiger partial charge in [-0.25, -0.2) is 0 Å². The predicted molar refractivity (Wildman–Crippen MR) is 99.2 cm³/mol. The van der Waals surface area contributed by atoms with E-state index >= 15 is 0 Å². The molecule has 26 heavy (non-hydrogen) atoms. The number of methoxy groups -OCH3 is 1. The molecule has 0 saturated heterocycles. The van der Waals surface area contributed by atoms with Crippen LogP contribution in [0.15, 0.2) is 41.5 Å². The Morgan fingerprint density at radius 1 is 1.35 bits per heavy atom. The van der Waals surface area contributed by atoms with Crippen LogP contribution in [0.4, 0.5) is 11.4 Å². The van der Waals surface area contributed by atoms with Gasteiger partial charge in [-0.15, -0.1) is 0 Å². The highest BCUT2D eigenvalue weighted by Gasteiger charge is 2.22. The van der Waals surface area contributed by atoms with Crippen LogP contribution >= 0.6 is 12.2 Å². The fourth-order valence-corrected chi connectivity index (χ4v) is 2.40. The molecule has 1 heterocycles. The zero-order valence-corrected chi connectivity index (χ0v) is 14.4. The molecule has 0 aromatic heterocycles. The predicted octanol–water partition coefficient (Wildman–Crippen LogP) is 2.65. The third-order valence-electron chi connectivity index (χ3n) is 3.42. The van der Waals surface area contributed by atoms with Crippen molar-refractivity contribution in [3.63, 3.8) is 0 Å². The molecular formula is C16H14N4O5S. The number of rotatable bonds is 5. The van der Waals surface area contributed by atoms with Crippen molar-refractivity contribution in [1.82, 2.24) is 5.43 Å². The Morgan fingerprint density at radius 3 is 2.85 bits per heavy atom. The molecule has 2 N–H and O–H groups in total. The van der Waals surface area contributed by atoms with Crippen LogP contribution in [0.1, 0.15) is 5.56 Å². The number of anilines is 1. The highest BCUT2D eigenvalue weighted by atomic mass is 32.1. The molecule has 0 fully saturated rings. The molecule has 2 aromatic rings. The monoisotopic (exact) mass is 374 g/mol. The zero-order valence-electron chi connectivity index (χ0n) is 13.6. The molecule has 0 aliphatic carbocycles. The van der Waals surface area contributed by atoms with Crippen molar-refractivity contribution in [2.24, 2.45) is 5.10 Å². The molecule has 1 aliphatic rings. The van der Waals surface area contributed by atoms with E-state index in [2.05, 4.69) is 15.8 Å². The summed E-state index contributed by atoms with van der Waals surface area (Å²) in [5.41, 5.74) is 3.43. The van der Waals surface area contributed by atoms with Gasteiger partial charge in [0.2, 0.25) is 6.79 Å². The standard InChI is InChI=1S/C16H14N4O5S/c1-23-12-4-2-3-11(6-12)18-16(26)19-17-8-10-5-14-15(25-9-24-14)7-13(10)20(21)22/h2-8H,9H2,1H3,(H2,18,19,26)/b17-8+. The summed E-state index contributed by atoms with van der Waals surface area (Å²) in [5.74, 6) is 1.43. The first-order valence-electron chi connectivity index (χ1n) is 7.39. The van der Waals surface area contributed by atoms with Crippen molar-refractivity contribution in [1.29, 1.82) is 0 Å². The molecule has 0 radical (unpaired) electrons. The fourth-order valence-electron chi connectivity index (χ4n) is 2.23. The second-order valence-corrected chi connectivity index (χ2v) is 5.49. The number of hydrogen-bond acceptors (Lipinski definition) is 7. The zero-order chi connectivity index (χ0) is 18.5. The van der Waals surface area contributed by atoms with Gasteiger partial charge in [-0.3, -0.25) is 15.5 Å². The maximum Gasteiger partial charge on any atom is 0.282 e. The minimum Gasteiger partial charge on any atom is -0.497 e. The van der Waals surface area contributed by atoms with E-state index in [1.165, 1.54) is 18.3 Å². The Hall–Kier alpha value is -3.40. The molecule has 0 bridgehead atoms. The number of fused-ring (bicyclic) bond motifs is 1. The van der Waals surface area contributed by atoms with Crippen molar-refractivity contribution < 1.29 is 19.1 Å². The van der Waals surface area contributed by atoms with Gasteiger partial charge in [-0.2, -0.15) is 5.10 Å². The molecule has 1 aliphatic heterocycles. The Kier molecular flexibility index (Phi) is 5.13. The van der Waals surface area contributed by atoms with Crippen LogP contribution < -0.4 is 25.0 Å². The van der Waals surface area contributed by atoms with Crippen molar-refractivity contribution in [2.75, 3.05) is 19.2 Å². The molecule has 0 spiro atoms. The molecule has 0 unspecified atom stereocenters. The topological polar surface area (TPSA) is 107 Å². The van der Waals surface area contributed by atoms with Crippen LogP contribution in [0.2, 0.25) is 0 Å². The normalized spacial score (nSPS) is 12.0. The van der Waals surface area contributed by atoms with Gasteiger partial charge in [0.15, 0.2) is 16.6 Å². The summed E-state index contributed by atoms with van der Waals surface area (Å²) in [6, 6.07) is 9.98. The van der Waals surface area contributed by atoms with Crippen LogP contribution in [-0.4, -0.2) is 30.2 Å². The molecule has 2 aromatic carbocycles. The lowest BCUT2D eigenvalue weighted by molar-refractivity contribution is -0.385. The minimum absolute atomic E-state index is 0.0277. The van der Waals surface area contributed by atoms with Gasteiger partial charge in [0, 0.05) is 11.8 Å². The highest BCUT2D eigenvalue weighted by molar-refractivity contribution is 7.80. The van der Waals surface area contributed by atoms with E-state index in [1.54, 1.807) is 19.2 Å². The smallest absolute Gasteiger partial charge is 0.282 e. The first-order chi connectivity index (χ1) is 12.6. The molecule has 3 rings (SSSR count). The maximum atomic E-state index is 11.2. The first kappa shape index (κ1) is 17.4. The maximum absolute atomic E-state index is 11.2. The van der Waals surface area contributed by atoms with Gasteiger partial charge in [0.05, 0.1) is 29.9 Å². The summed E-state index contributed by atoms with van der Waals surface area (Å²) >= 11 is 5.14. The Labute approximate surface area is 153 Å². The summed E-state index contributed by atoms with van der Waals surface area (Å²) in [5, 5.41) is 18.3. The van der Waals surface area contributed by atoms with Crippen molar-refractivity contribution in [3.8, 4) is 17.2 Å². The first-order valence-corrected chi connectivity index (χ1v) is 7.80. The van der Waals surface area contributed by atoms with Gasteiger partial charge in [0.25, 0.3) is 5.69 Å². The van der Waals surface area contributed by atoms with E-state index in [4.69, 9.17) is 26.4 Å². The third-order valence-corrected chi connectivity index (χ3v) is 3.61. The van der Waals surface area contributed by atoms with E-state index in [0.29, 0.717) is 22.9 Å². The third kappa shape index (κ3) is 3.98. The van der Waals surface area contributed by atoms with Crippen LogP contribution in [0.5, 0.6) is 17.2 Å². The molecule has 0 saturated carbocycles. The number of nitro benzene ring substituents is 1. The van der Waals surface area contributed by atoms with Gasteiger partial charge >= 0.3 is 0 Å². The largest absolute Gasteiger partial charge is 0.497 e. The van der Waals surface area contributed by atoms with Crippen molar-refractivity contribution in [3.05, 3.63) is 52.1 Å². The van der Waals surface area contributed by atoms with Crippen LogP contribution in [0, 0.1) is 10.1 Å². The number of nitrogens with zero attached hydrogens (tertiary/aromatic N) is 2. The molecule has 0 amide bonds. The molecule has 134 valence electrons. The SMILES string of the molecule is COc1cccc(NC(=S)N/N=C/c2cc3c(cc2[N+](=O)[O-])OCO3)c1. The van der Waals surface area contributed by atoms with Crippen LogP contribution in [0.25, 0.3) is 0 Å². The van der Waals surface area contributed by atoms with Gasteiger partial charge in [-0.05, 0) is 30.4 Å². The number of nitro groups is 1. The molecular weight excluding hydrogens is 360 g/mol. The second-order valence-electron chi connectivity index (χ2n) is 5.08. The summed E-state index contributed by atoms with van der Waals surface area (Å²) in [4.78, 5) is 10.7. The molecule has 9 nitrogen and oxygen atoms in total. The number of thiocarbonyl (C=S) groups is 1. The van der Waals surface area contributed by atoms with Crippen molar-refractivity contribution >= 4 is 34.9 Å². The van der Waals surface area contributed by atoms with Crippen LogP contribution in [0.3, 0.4) is 0 Å². The highest BCUT2D eigenvalue weighted by Crippen LogP contribution is 2.37. The van der Waals surface area contributed by atoms with Gasteiger partial charge in [0.1, 0.15) is 5.75 Å². The van der Waals surface area contributed by atoms with E-state index < -0.39 is 4.92 Å². The minimum atomic E-state index is -0.518. The summed E-state index contributed by atoms with van der Waals surface area (Å²) < 4.78 is 15.5. The lowest BCUT2D eigenvalue weighted by Crippen LogP contribution is -2.23. The number of ether oxygens (including phenoxy) is 3. The Bertz CT molecular complexity index is 887. The Morgan fingerprint density at radius 2 is 2.12 bits per heavy atom. The number of nitrogens with one attached hydrogen (secondary N) is 2. The van der Waals surface area contributed by atoms with E-state index in [-0.39, 0.29) is 23.2 Å². The summed E-state index contributed by atoms with van der Waals surface area (Å²) in [6.07, 6.45) is 1.29.